The van der Waals surface area contributed by atoms with Crippen molar-refractivity contribution in [2.24, 2.45) is 5.92 Å². The Kier molecular flexibility index (Phi) is 8.22. The summed E-state index contributed by atoms with van der Waals surface area (Å²) < 4.78 is 54.3. The number of likely N-dealkylation sites (tertiary alicyclic amines) is 1. The van der Waals surface area contributed by atoms with Crippen LogP contribution < -0.4 is 9.44 Å². The average Bonchev–Trinajstić information content (AvgIpc) is 2.65. The fourth-order valence-electron chi connectivity index (χ4n) is 3.04. The van der Waals surface area contributed by atoms with Gasteiger partial charge in [0, 0.05) is 39.5 Å². The number of piperidine rings is 1. The SMILES string of the molecule is CN(C)S(=O)(=O)Nc1ccc(S(=O)(=O)NCCCN2CCCC(CO)C2)cc1. The molecule has 2 rings (SSSR count). The van der Waals surface area contributed by atoms with E-state index in [2.05, 4.69) is 14.3 Å². The van der Waals surface area contributed by atoms with Gasteiger partial charge in [0.2, 0.25) is 10.0 Å². The number of aliphatic hydroxyl groups is 1. The molecule has 1 aliphatic heterocycles. The molecule has 1 heterocycles. The quantitative estimate of drug-likeness (QED) is 0.455. The average molecular weight is 435 g/mol. The van der Waals surface area contributed by atoms with Gasteiger partial charge >= 0.3 is 10.2 Å². The van der Waals surface area contributed by atoms with Gasteiger partial charge in [-0.15, -0.1) is 0 Å². The molecule has 1 atom stereocenters. The van der Waals surface area contributed by atoms with Crippen LogP contribution in [0.5, 0.6) is 0 Å². The smallest absolute Gasteiger partial charge is 0.301 e. The maximum atomic E-state index is 12.4. The first kappa shape index (κ1) is 23.0. The highest BCUT2D eigenvalue weighted by Crippen LogP contribution is 2.17. The number of aliphatic hydroxyl groups excluding tert-OH is 1. The van der Waals surface area contributed by atoms with Gasteiger partial charge in [0.1, 0.15) is 0 Å². The molecule has 0 aromatic heterocycles. The summed E-state index contributed by atoms with van der Waals surface area (Å²) in [6.07, 6.45) is 2.78. The Morgan fingerprint density at radius 3 is 2.46 bits per heavy atom. The third-order valence-electron chi connectivity index (χ3n) is 4.70. The first-order valence-corrected chi connectivity index (χ1v) is 12.2. The summed E-state index contributed by atoms with van der Waals surface area (Å²) in [6, 6.07) is 5.56. The lowest BCUT2D eigenvalue weighted by atomic mass is 9.99. The molecule has 0 saturated carbocycles. The number of sulfonamides is 1. The van der Waals surface area contributed by atoms with Crippen LogP contribution in [0.15, 0.2) is 29.2 Å². The number of hydrogen-bond acceptors (Lipinski definition) is 6. The molecule has 1 aliphatic rings. The predicted molar refractivity (Wildman–Crippen MR) is 109 cm³/mol. The zero-order valence-corrected chi connectivity index (χ0v) is 18.0. The second-order valence-electron chi connectivity index (χ2n) is 7.16. The van der Waals surface area contributed by atoms with Crippen LogP contribution in [0.2, 0.25) is 0 Å². The molecule has 28 heavy (non-hydrogen) atoms. The van der Waals surface area contributed by atoms with Crippen LogP contribution in [-0.2, 0) is 20.2 Å². The first-order chi connectivity index (χ1) is 13.1. The van der Waals surface area contributed by atoms with E-state index < -0.39 is 20.2 Å². The normalized spacial score (nSPS) is 19.1. The van der Waals surface area contributed by atoms with Gasteiger partial charge in [-0.1, -0.05) is 0 Å². The number of nitrogens with one attached hydrogen (secondary N) is 2. The molecule has 0 aliphatic carbocycles. The molecular weight excluding hydrogens is 404 g/mol. The standard InChI is InChI=1S/C17H30N4O5S2/c1-20(2)28(25,26)19-16-6-8-17(9-7-16)27(23,24)18-10-4-12-21-11-3-5-15(13-21)14-22/h6-9,15,18-19,22H,3-5,10-14H2,1-2H3. The van der Waals surface area contributed by atoms with E-state index in [0.717, 1.165) is 36.8 Å². The summed E-state index contributed by atoms with van der Waals surface area (Å²) >= 11 is 0. The van der Waals surface area contributed by atoms with Crippen molar-refractivity contribution in [2.45, 2.75) is 24.2 Å². The number of anilines is 1. The van der Waals surface area contributed by atoms with E-state index in [1.807, 2.05) is 0 Å². The fraction of sp³-hybridized carbons (Fsp3) is 0.647. The Balaban J connectivity index is 1.84. The second kappa shape index (κ2) is 9.99. The Morgan fingerprint density at radius 2 is 1.86 bits per heavy atom. The first-order valence-electron chi connectivity index (χ1n) is 9.27. The van der Waals surface area contributed by atoms with Crippen molar-refractivity contribution in [3.63, 3.8) is 0 Å². The number of rotatable bonds is 10. The molecule has 0 bridgehead atoms. The summed E-state index contributed by atoms with van der Waals surface area (Å²) in [7, 11) is -4.48. The van der Waals surface area contributed by atoms with E-state index in [-0.39, 0.29) is 17.2 Å². The zero-order valence-electron chi connectivity index (χ0n) is 16.3. The molecule has 1 aromatic carbocycles. The molecule has 0 radical (unpaired) electrons. The van der Waals surface area contributed by atoms with E-state index in [1.165, 1.54) is 38.4 Å². The van der Waals surface area contributed by atoms with Crippen molar-refractivity contribution >= 4 is 25.9 Å². The molecular formula is C17H30N4O5S2. The molecule has 9 nitrogen and oxygen atoms in total. The van der Waals surface area contributed by atoms with Gasteiger partial charge in [-0.2, -0.15) is 12.7 Å². The van der Waals surface area contributed by atoms with Crippen LogP contribution in [0.4, 0.5) is 5.69 Å². The summed E-state index contributed by atoms with van der Waals surface area (Å²) in [6.45, 7) is 3.13. The second-order valence-corrected chi connectivity index (χ2v) is 10.8. The van der Waals surface area contributed by atoms with Gasteiger partial charge in [0.25, 0.3) is 0 Å². The van der Waals surface area contributed by atoms with Gasteiger partial charge in [-0.05, 0) is 62.5 Å². The number of hydrogen-bond donors (Lipinski definition) is 3. The summed E-state index contributed by atoms with van der Waals surface area (Å²) in [5.41, 5.74) is 0.288. The van der Waals surface area contributed by atoms with Crippen molar-refractivity contribution in [1.29, 1.82) is 0 Å². The Hall–Kier alpha value is -1.24. The summed E-state index contributed by atoms with van der Waals surface area (Å²) in [4.78, 5) is 2.34. The lowest BCUT2D eigenvalue weighted by Gasteiger charge is -2.31. The molecule has 1 aromatic rings. The molecule has 0 amide bonds. The van der Waals surface area contributed by atoms with Crippen LogP contribution in [0.3, 0.4) is 0 Å². The summed E-state index contributed by atoms with van der Waals surface area (Å²) in [5, 5.41) is 9.26. The van der Waals surface area contributed by atoms with E-state index in [0.29, 0.717) is 18.9 Å². The lowest BCUT2D eigenvalue weighted by Crippen LogP contribution is -2.38. The monoisotopic (exact) mass is 434 g/mol. The number of nitrogens with zero attached hydrogens (tertiary/aromatic N) is 2. The third-order valence-corrected chi connectivity index (χ3v) is 7.63. The highest BCUT2D eigenvalue weighted by atomic mass is 32.2. The zero-order chi connectivity index (χ0) is 20.8. The third kappa shape index (κ3) is 6.68. The van der Waals surface area contributed by atoms with Crippen molar-refractivity contribution in [3.8, 4) is 0 Å². The van der Waals surface area contributed by atoms with Gasteiger partial charge < -0.3 is 10.0 Å². The van der Waals surface area contributed by atoms with Gasteiger partial charge in [0.15, 0.2) is 0 Å². The largest absolute Gasteiger partial charge is 0.396 e. The van der Waals surface area contributed by atoms with Crippen molar-refractivity contribution < 1.29 is 21.9 Å². The Labute approximate surface area is 168 Å². The number of benzene rings is 1. The van der Waals surface area contributed by atoms with Crippen molar-refractivity contribution in [2.75, 3.05) is 51.6 Å². The maximum absolute atomic E-state index is 12.4. The van der Waals surface area contributed by atoms with Crippen LogP contribution in [0.25, 0.3) is 0 Å². The highest BCUT2D eigenvalue weighted by molar-refractivity contribution is 7.90. The Morgan fingerprint density at radius 1 is 1.18 bits per heavy atom. The molecule has 160 valence electrons. The minimum atomic E-state index is -3.65. The molecule has 1 fully saturated rings. The molecule has 1 unspecified atom stereocenters. The minimum Gasteiger partial charge on any atom is -0.396 e. The van der Waals surface area contributed by atoms with Gasteiger partial charge in [0.05, 0.1) is 4.90 Å². The van der Waals surface area contributed by atoms with Gasteiger partial charge in [-0.25, -0.2) is 13.1 Å². The van der Waals surface area contributed by atoms with Crippen LogP contribution in [0.1, 0.15) is 19.3 Å². The van der Waals surface area contributed by atoms with Crippen molar-refractivity contribution in [1.82, 2.24) is 13.9 Å². The highest BCUT2D eigenvalue weighted by Gasteiger charge is 2.19. The lowest BCUT2D eigenvalue weighted by molar-refractivity contribution is 0.120. The molecule has 1 saturated heterocycles. The van der Waals surface area contributed by atoms with Gasteiger partial charge in [-0.3, -0.25) is 4.72 Å². The molecule has 0 spiro atoms. The molecule has 11 heteroatoms. The van der Waals surface area contributed by atoms with Crippen LogP contribution >= 0.6 is 0 Å². The van der Waals surface area contributed by atoms with E-state index >= 15 is 0 Å². The summed E-state index contributed by atoms with van der Waals surface area (Å²) in [5.74, 6) is 0.314. The topological polar surface area (TPSA) is 119 Å². The Bertz CT molecular complexity index is 826. The maximum Gasteiger partial charge on any atom is 0.301 e. The van der Waals surface area contributed by atoms with Crippen LogP contribution in [0, 0.1) is 5.92 Å². The predicted octanol–water partition coefficient (Wildman–Crippen LogP) is 0.278. The van der Waals surface area contributed by atoms with E-state index in [9.17, 15) is 21.9 Å². The minimum absolute atomic E-state index is 0.0821. The van der Waals surface area contributed by atoms with Crippen LogP contribution in [-0.4, -0.2) is 78.0 Å². The van der Waals surface area contributed by atoms with Crippen molar-refractivity contribution in [3.05, 3.63) is 24.3 Å². The fourth-order valence-corrected chi connectivity index (χ4v) is 4.73. The van der Waals surface area contributed by atoms with E-state index in [4.69, 9.17) is 0 Å². The van der Waals surface area contributed by atoms with E-state index in [1.54, 1.807) is 0 Å². The molecule has 3 N–H and O–H groups in total.